The summed E-state index contributed by atoms with van der Waals surface area (Å²) in [6, 6.07) is 24.1. The average molecular weight is 404 g/mol. The average Bonchev–Trinajstić information content (AvgIpc) is 2.81. The van der Waals surface area contributed by atoms with E-state index < -0.39 is 17.9 Å². The Labute approximate surface area is 175 Å². The molecule has 0 aliphatic carbocycles. The molecule has 0 fully saturated rings. The van der Waals surface area contributed by atoms with E-state index in [1.807, 2.05) is 61.5 Å². The van der Waals surface area contributed by atoms with E-state index in [4.69, 9.17) is 9.47 Å². The van der Waals surface area contributed by atoms with Crippen LogP contribution in [0.15, 0.2) is 78.9 Å². The number of methoxy groups -OCH3 is 1. The maximum absolute atomic E-state index is 12.4. The first-order chi connectivity index (χ1) is 14.6. The van der Waals surface area contributed by atoms with Gasteiger partial charge in [0.1, 0.15) is 11.5 Å². The number of amides is 2. The van der Waals surface area contributed by atoms with Crippen molar-refractivity contribution in [3.63, 3.8) is 0 Å². The minimum Gasteiger partial charge on any atom is -0.497 e. The van der Waals surface area contributed by atoms with Gasteiger partial charge in [0.05, 0.1) is 7.11 Å². The van der Waals surface area contributed by atoms with Gasteiger partial charge in [-0.15, -0.1) is 0 Å². The molecule has 3 aromatic rings. The zero-order valence-corrected chi connectivity index (χ0v) is 16.9. The lowest BCUT2D eigenvalue weighted by molar-refractivity contribution is -0.128. The van der Waals surface area contributed by atoms with E-state index in [1.165, 1.54) is 0 Å². The van der Waals surface area contributed by atoms with Crippen molar-refractivity contribution in [3.05, 3.63) is 84.4 Å². The van der Waals surface area contributed by atoms with Crippen molar-refractivity contribution in [2.75, 3.05) is 7.11 Å². The van der Waals surface area contributed by atoms with Crippen molar-refractivity contribution in [3.8, 4) is 22.6 Å². The highest BCUT2D eigenvalue weighted by Gasteiger charge is 2.19. The predicted molar refractivity (Wildman–Crippen MR) is 115 cm³/mol. The quantitative estimate of drug-likeness (QED) is 0.584. The summed E-state index contributed by atoms with van der Waals surface area (Å²) in [7, 11) is 1.55. The second kappa shape index (κ2) is 10.1. The highest BCUT2D eigenvalue weighted by molar-refractivity contribution is 5.95. The maximum Gasteiger partial charge on any atom is 0.279 e. The van der Waals surface area contributed by atoms with E-state index in [0.29, 0.717) is 23.5 Å². The number of benzene rings is 3. The molecule has 30 heavy (non-hydrogen) atoms. The molecule has 0 heterocycles. The van der Waals surface area contributed by atoms with Crippen molar-refractivity contribution < 1.29 is 19.1 Å². The normalized spacial score (nSPS) is 11.3. The molecule has 0 aliphatic rings. The number of hydrogen-bond donors (Lipinski definition) is 2. The fourth-order valence-corrected chi connectivity index (χ4v) is 2.86. The molecule has 0 radical (unpaired) electrons. The number of carbonyl (C=O) groups excluding carboxylic acids is 2. The fraction of sp³-hybridized carbons (Fsp3) is 0.167. The fourth-order valence-electron chi connectivity index (χ4n) is 2.86. The number of ether oxygens (including phenoxy) is 2. The topological polar surface area (TPSA) is 76.7 Å². The zero-order valence-electron chi connectivity index (χ0n) is 16.9. The van der Waals surface area contributed by atoms with Crippen molar-refractivity contribution >= 4 is 11.8 Å². The predicted octanol–water partition coefficient (Wildman–Crippen LogP) is 3.98. The Morgan fingerprint density at radius 1 is 0.800 bits per heavy atom. The lowest BCUT2D eigenvalue weighted by Gasteiger charge is -2.18. The summed E-state index contributed by atoms with van der Waals surface area (Å²) >= 11 is 0. The molecule has 0 saturated heterocycles. The Kier molecular flexibility index (Phi) is 7.05. The van der Waals surface area contributed by atoms with Crippen molar-refractivity contribution in [1.29, 1.82) is 0 Å². The first-order valence-electron chi connectivity index (χ1n) is 9.67. The molecular weight excluding hydrogens is 380 g/mol. The van der Waals surface area contributed by atoms with Crippen LogP contribution in [0.3, 0.4) is 0 Å². The molecule has 0 spiro atoms. The Bertz CT molecular complexity index is 970. The van der Waals surface area contributed by atoms with Crippen molar-refractivity contribution in [2.24, 2.45) is 0 Å². The van der Waals surface area contributed by atoms with Crippen LogP contribution in [0.2, 0.25) is 0 Å². The second-order valence-corrected chi connectivity index (χ2v) is 6.58. The largest absolute Gasteiger partial charge is 0.497 e. The van der Waals surface area contributed by atoms with Crippen molar-refractivity contribution in [1.82, 2.24) is 10.9 Å². The highest BCUT2D eigenvalue weighted by Crippen LogP contribution is 2.23. The Balaban J connectivity index is 1.56. The number of carbonyl (C=O) groups is 2. The maximum atomic E-state index is 12.4. The van der Waals surface area contributed by atoms with Crippen LogP contribution in [0.4, 0.5) is 0 Å². The number of rotatable bonds is 7. The number of hydrazine groups is 1. The Morgan fingerprint density at radius 2 is 1.40 bits per heavy atom. The zero-order chi connectivity index (χ0) is 21.3. The third-order valence-electron chi connectivity index (χ3n) is 4.55. The van der Waals surface area contributed by atoms with Gasteiger partial charge in [-0.05, 0) is 53.9 Å². The molecule has 3 rings (SSSR count). The van der Waals surface area contributed by atoms with E-state index in [1.54, 1.807) is 31.4 Å². The van der Waals surface area contributed by atoms with E-state index in [-0.39, 0.29) is 0 Å². The smallest absolute Gasteiger partial charge is 0.279 e. The molecule has 154 valence electrons. The Morgan fingerprint density at radius 3 is 2.00 bits per heavy atom. The molecule has 0 bridgehead atoms. The molecule has 0 aliphatic heterocycles. The first-order valence-corrected chi connectivity index (χ1v) is 9.67. The van der Waals surface area contributed by atoms with E-state index in [2.05, 4.69) is 10.9 Å². The van der Waals surface area contributed by atoms with Crippen LogP contribution in [0.25, 0.3) is 11.1 Å². The first kappa shape index (κ1) is 20.9. The summed E-state index contributed by atoms with van der Waals surface area (Å²) in [6.07, 6.45) is -0.284. The second-order valence-electron chi connectivity index (χ2n) is 6.58. The van der Waals surface area contributed by atoms with Gasteiger partial charge >= 0.3 is 0 Å². The van der Waals surface area contributed by atoms with Crippen LogP contribution in [0.1, 0.15) is 23.7 Å². The lowest BCUT2D eigenvalue weighted by atomic mass is 10.1. The minimum absolute atomic E-state index is 0.404. The Hall–Kier alpha value is -3.80. The van der Waals surface area contributed by atoms with Gasteiger partial charge in [-0.25, -0.2) is 0 Å². The molecule has 2 N–H and O–H groups in total. The van der Waals surface area contributed by atoms with Gasteiger partial charge in [-0.2, -0.15) is 0 Å². The van der Waals surface area contributed by atoms with Gasteiger partial charge in [-0.3, -0.25) is 20.4 Å². The van der Waals surface area contributed by atoms with Crippen LogP contribution in [0.5, 0.6) is 11.5 Å². The van der Waals surface area contributed by atoms with Gasteiger partial charge in [0, 0.05) is 5.56 Å². The van der Waals surface area contributed by atoms with Gasteiger partial charge in [0.2, 0.25) is 0 Å². The standard InChI is InChI=1S/C24H24N2O4/c1-3-22(24(28)26-25-23(27)19-11-13-20(29-2)14-12-19)30-21-15-9-18(10-16-21)17-7-5-4-6-8-17/h4-16,22H,3H2,1-2H3,(H,25,27)(H,26,28). The van der Waals surface area contributed by atoms with E-state index >= 15 is 0 Å². The summed E-state index contributed by atoms with van der Waals surface area (Å²) in [5.41, 5.74) is 7.40. The molecule has 2 amide bonds. The third-order valence-corrected chi connectivity index (χ3v) is 4.55. The molecular formula is C24H24N2O4. The summed E-state index contributed by atoms with van der Waals surface area (Å²) in [5, 5.41) is 0. The summed E-state index contributed by atoms with van der Waals surface area (Å²) in [6.45, 7) is 1.84. The molecule has 6 heteroatoms. The van der Waals surface area contributed by atoms with E-state index in [9.17, 15) is 9.59 Å². The number of hydrogen-bond acceptors (Lipinski definition) is 4. The SMILES string of the molecule is CCC(Oc1ccc(-c2ccccc2)cc1)C(=O)NNC(=O)c1ccc(OC)cc1. The molecule has 1 atom stereocenters. The molecule has 0 saturated carbocycles. The number of nitrogens with one attached hydrogen (secondary N) is 2. The van der Waals surface area contributed by atoms with Gasteiger partial charge in [0.25, 0.3) is 11.8 Å². The highest BCUT2D eigenvalue weighted by atomic mass is 16.5. The van der Waals surface area contributed by atoms with Crippen LogP contribution in [-0.4, -0.2) is 25.0 Å². The minimum atomic E-state index is -0.733. The van der Waals surface area contributed by atoms with E-state index in [0.717, 1.165) is 11.1 Å². The third kappa shape index (κ3) is 5.38. The summed E-state index contributed by atoms with van der Waals surface area (Å²) in [4.78, 5) is 24.6. The molecule has 3 aromatic carbocycles. The van der Waals surface area contributed by atoms with Gasteiger partial charge in [0.15, 0.2) is 6.10 Å². The van der Waals surface area contributed by atoms with Crippen LogP contribution >= 0.6 is 0 Å². The van der Waals surface area contributed by atoms with Crippen LogP contribution < -0.4 is 20.3 Å². The summed E-state index contributed by atoms with van der Waals surface area (Å²) in [5.74, 6) is 0.381. The molecule has 0 aromatic heterocycles. The van der Waals surface area contributed by atoms with Crippen molar-refractivity contribution in [2.45, 2.75) is 19.4 Å². The van der Waals surface area contributed by atoms with Crippen LogP contribution in [-0.2, 0) is 4.79 Å². The molecule has 1 unspecified atom stereocenters. The monoisotopic (exact) mass is 404 g/mol. The van der Waals surface area contributed by atoms with Gasteiger partial charge < -0.3 is 9.47 Å². The lowest BCUT2D eigenvalue weighted by Crippen LogP contribution is -2.47. The van der Waals surface area contributed by atoms with Crippen LogP contribution in [0, 0.1) is 0 Å². The van der Waals surface area contributed by atoms with Gasteiger partial charge in [-0.1, -0.05) is 49.4 Å². The molecule has 6 nitrogen and oxygen atoms in total. The summed E-state index contributed by atoms with van der Waals surface area (Å²) < 4.78 is 10.9.